The molecule has 0 spiro atoms. The lowest BCUT2D eigenvalue weighted by Gasteiger charge is -2.36. The van der Waals surface area contributed by atoms with Crippen molar-refractivity contribution in [3.8, 4) is 0 Å². The van der Waals surface area contributed by atoms with Gasteiger partial charge in [0, 0.05) is 43.5 Å². The van der Waals surface area contributed by atoms with Gasteiger partial charge in [0.05, 0.1) is 11.4 Å². The number of benzene rings is 1. The summed E-state index contributed by atoms with van der Waals surface area (Å²) < 4.78 is 51.7. The highest BCUT2D eigenvalue weighted by molar-refractivity contribution is 7.99. The number of carbonyl (C=O) groups is 1. The zero-order valence-electron chi connectivity index (χ0n) is 14.2. The van der Waals surface area contributed by atoms with Crippen molar-refractivity contribution in [2.75, 3.05) is 49.3 Å². The summed E-state index contributed by atoms with van der Waals surface area (Å²) in [6, 6.07) is 2.49. The number of aryl methyl sites for hydroxylation is 1. The van der Waals surface area contributed by atoms with Gasteiger partial charge in [-0.15, -0.1) is 23.4 Å². The molecule has 1 fully saturated rings. The molecule has 146 valence electrons. The maximum absolute atomic E-state index is 14.3. The van der Waals surface area contributed by atoms with E-state index in [4.69, 9.17) is 11.6 Å². The molecule has 10 heteroatoms. The molecule has 0 aromatic heterocycles. The van der Waals surface area contributed by atoms with E-state index in [1.165, 1.54) is 12.1 Å². The number of alkyl halides is 4. The normalized spacial score (nSPS) is 15.3. The van der Waals surface area contributed by atoms with Crippen molar-refractivity contribution in [3.63, 3.8) is 0 Å². The molecule has 26 heavy (non-hydrogen) atoms. The molecule has 0 aliphatic carbocycles. The van der Waals surface area contributed by atoms with Crippen LogP contribution in [0.25, 0.3) is 0 Å². The Bertz CT molecular complexity index is 637. The number of carbonyl (C=O) groups excluding carboxylic acids is 1. The number of nitrogens with zero attached hydrogens (tertiary/aromatic N) is 2. The summed E-state index contributed by atoms with van der Waals surface area (Å²) in [6.07, 6.45) is -4.28. The van der Waals surface area contributed by atoms with Gasteiger partial charge < -0.3 is 15.1 Å². The fourth-order valence-corrected chi connectivity index (χ4v) is 3.51. The molecule has 2 rings (SSSR count). The quantitative estimate of drug-likeness (QED) is 0.452. The topological polar surface area (TPSA) is 35.6 Å². The number of hydrogen-bond acceptors (Lipinski definition) is 3. The van der Waals surface area contributed by atoms with E-state index in [1.807, 2.05) is 0 Å². The average Bonchev–Trinajstić information content (AvgIpc) is 2.58. The Morgan fingerprint density at radius 3 is 2.50 bits per heavy atom. The molecular weight excluding hydrogens is 394 g/mol. The summed E-state index contributed by atoms with van der Waals surface area (Å²) in [5.41, 5.74) is 0.737. The minimum Gasteiger partial charge on any atom is -0.366 e. The largest absolute Gasteiger partial charge is 0.398 e. The number of halogens is 5. The smallest absolute Gasteiger partial charge is 0.366 e. The summed E-state index contributed by atoms with van der Waals surface area (Å²) in [5.74, 6) is -1.18. The predicted molar refractivity (Wildman–Crippen MR) is 95.8 cm³/mol. The molecule has 2 amide bonds. The van der Waals surface area contributed by atoms with E-state index in [1.54, 1.807) is 16.7 Å². The van der Waals surface area contributed by atoms with Gasteiger partial charge in [-0.2, -0.15) is 13.2 Å². The third-order valence-electron chi connectivity index (χ3n) is 3.91. The van der Waals surface area contributed by atoms with Crippen LogP contribution in [0.2, 0.25) is 0 Å². The van der Waals surface area contributed by atoms with Crippen molar-refractivity contribution in [2.24, 2.45) is 0 Å². The Morgan fingerprint density at radius 1 is 1.27 bits per heavy atom. The van der Waals surface area contributed by atoms with Gasteiger partial charge in [-0.1, -0.05) is 0 Å². The number of amides is 2. The van der Waals surface area contributed by atoms with E-state index >= 15 is 0 Å². The molecule has 1 aliphatic heterocycles. The highest BCUT2D eigenvalue weighted by atomic mass is 35.5. The predicted octanol–water partition coefficient (Wildman–Crippen LogP) is 3.86. The number of anilines is 1. The number of nitrogens with one attached hydrogen (secondary N) is 1. The lowest BCUT2D eigenvalue weighted by molar-refractivity contribution is -0.105. The van der Waals surface area contributed by atoms with Crippen LogP contribution in [0.15, 0.2) is 17.0 Å². The van der Waals surface area contributed by atoms with Crippen LogP contribution in [0.1, 0.15) is 5.56 Å². The summed E-state index contributed by atoms with van der Waals surface area (Å²) in [5, 5.41) is 2.67. The van der Waals surface area contributed by atoms with Crippen molar-refractivity contribution < 1.29 is 22.4 Å². The van der Waals surface area contributed by atoms with Crippen LogP contribution in [0, 0.1) is 12.7 Å². The number of rotatable bonds is 5. The minimum atomic E-state index is -4.28. The second-order valence-corrected chi connectivity index (χ2v) is 7.26. The van der Waals surface area contributed by atoms with Crippen molar-refractivity contribution in [1.29, 1.82) is 0 Å². The van der Waals surface area contributed by atoms with Crippen molar-refractivity contribution in [2.45, 2.75) is 18.0 Å². The highest BCUT2D eigenvalue weighted by Gasteiger charge is 2.28. The standard InChI is InChI=1S/C16H20ClF4N3OS/c1-11-8-12(18)13(9-14(11)26-10-16(19,20)21)23-4-6-24(7-5-23)15(25)22-3-2-17/h8-9H,2-7,10H2,1H3,(H,22,25). The Hall–Kier alpha value is -1.35. The third-order valence-corrected chi connectivity index (χ3v) is 5.33. The molecule has 1 aromatic carbocycles. The first-order valence-corrected chi connectivity index (χ1v) is 9.56. The Balaban J connectivity index is 2.04. The van der Waals surface area contributed by atoms with Gasteiger partial charge in [0.25, 0.3) is 0 Å². The van der Waals surface area contributed by atoms with Crippen molar-refractivity contribution in [3.05, 3.63) is 23.5 Å². The second kappa shape index (κ2) is 9.03. The molecular formula is C16H20ClF4N3OS. The van der Waals surface area contributed by atoms with Crippen LogP contribution in [-0.4, -0.2) is 61.5 Å². The van der Waals surface area contributed by atoms with Crippen molar-refractivity contribution in [1.82, 2.24) is 10.2 Å². The third kappa shape index (κ3) is 5.84. The van der Waals surface area contributed by atoms with Crippen LogP contribution in [0.5, 0.6) is 0 Å². The zero-order chi connectivity index (χ0) is 19.3. The average molecular weight is 414 g/mol. The van der Waals surface area contributed by atoms with E-state index in [2.05, 4.69) is 5.32 Å². The Kier molecular flexibility index (Phi) is 7.28. The SMILES string of the molecule is Cc1cc(F)c(N2CCN(C(=O)NCCCl)CC2)cc1SCC(F)(F)F. The van der Waals surface area contributed by atoms with Gasteiger partial charge in [0.2, 0.25) is 0 Å². The number of urea groups is 1. The van der Waals surface area contributed by atoms with Crippen LogP contribution < -0.4 is 10.2 Å². The molecule has 0 saturated carbocycles. The Labute approximate surface area is 158 Å². The maximum atomic E-state index is 14.3. The van der Waals surface area contributed by atoms with Crippen molar-refractivity contribution >= 4 is 35.1 Å². The van der Waals surface area contributed by atoms with Crippen LogP contribution in [-0.2, 0) is 0 Å². The van der Waals surface area contributed by atoms with Crippen LogP contribution >= 0.6 is 23.4 Å². The lowest BCUT2D eigenvalue weighted by atomic mass is 10.2. The van der Waals surface area contributed by atoms with Gasteiger partial charge in [-0.05, 0) is 24.6 Å². The monoisotopic (exact) mass is 413 g/mol. The molecule has 0 radical (unpaired) electrons. The van der Waals surface area contributed by atoms with Crippen LogP contribution in [0.3, 0.4) is 0 Å². The van der Waals surface area contributed by atoms with Gasteiger partial charge >= 0.3 is 12.2 Å². The number of thioether (sulfide) groups is 1. The minimum absolute atomic E-state index is 0.226. The highest BCUT2D eigenvalue weighted by Crippen LogP contribution is 2.34. The lowest BCUT2D eigenvalue weighted by Crippen LogP contribution is -2.52. The molecule has 1 aromatic rings. The molecule has 1 saturated heterocycles. The van der Waals surface area contributed by atoms with E-state index < -0.39 is 17.7 Å². The van der Waals surface area contributed by atoms with Gasteiger partial charge in [-0.3, -0.25) is 0 Å². The van der Waals surface area contributed by atoms with E-state index in [0.29, 0.717) is 60.8 Å². The molecule has 1 N–H and O–H groups in total. The first-order chi connectivity index (χ1) is 12.2. The first-order valence-electron chi connectivity index (χ1n) is 8.04. The molecule has 0 unspecified atom stereocenters. The molecule has 1 aliphatic rings. The zero-order valence-corrected chi connectivity index (χ0v) is 15.8. The van der Waals surface area contributed by atoms with E-state index in [9.17, 15) is 22.4 Å². The summed E-state index contributed by atoms with van der Waals surface area (Å²) in [6.45, 7) is 3.55. The Morgan fingerprint density at radius 2 is 1.92 bits per heavy atom. The second-order valence-electron chi connectivity index (χ2n) is 5.87. The van der Waals surface area contributed by atoms with Crippen LogP contribution in [0.4, 0.5) is 28.0 Å². The van der Waals surface area contributed by atoms with E-state index in [-0.39, 0.29) is 11.7 Å². The fourth-order valence-electron chi connectivity index (χ4n) is 2.62. The molecule has 1 heterocycles. The van der Waals surface area contributed by atoms with Gasteiger partial charge in [0.15, 0.2) is 0 Å². The van der Waals surface area contributed by atoms with Gasteiger partial charge in [0.1, 0.15) is 5.82 Å². The molecule has 4 nitrogen and oxygen atoms in total. The molecule has 0 atom stereocenters. The number of piperazine rings is 1. The van der Waals surface area contributed by atoms with E-state index in [0.717, 1.165) is 0 Å². The summed E-state index contributed by atoms with van der Waals surface area (Å²) in [7, 11) is 0. The maximum Gasteiger partial charge on any atom is 0.398 e. The van der Waals surface area contributed by atoms with Gasteiger partial charge in [-0.25, -0.2) is 9.18 Å². The number of hydrogen-bond donors (Lipinski definition) is 1. The summed E-state index contributed by atoms with van der Waals surface area (Å²) >= 11 is 6.18. The fraction of sp³-hybridized carbons (Fsp3) is 0.562. The molecule has 0 bridgehead atoms. The first kappa shape index (κ1) is 21.0. The summed E-state index contributed by atoms with van der Waals surface area (Å²) in [4.78, 5) is 15.7.